The fraction of sp³-hybridized carbons (Fsp3) is 0.125. The molecule has 0 bridgehead atoms. The number of rotatable bonds is 4. The Morgan fingerprint density at radius 2 is 2.24 bits per heavy atom. The van der Waals surface area contributed by atoms with Crippen LogP contribution in [0.15, 0.2) is 30.8 Å². The van der Waals surface area contributed by atoms with Crippen LogP contribution >= 0.6 is 43.2 Å². The van der Waals surface area contributed by atoms with Gasteiger partial charge in [0.05, 0.1) is 19.8 Å². The molecular formula is C8H7Br2N3O2S2. The molecule has 5 nitrogen and oxygen atoms in total. The molecule has 9 heteroatoms. The van der Waals surface area contributed by atoms with Crippen LogP contribution in [0.3, 0.4) is 0 Å². The minimum Gasteiger partial charge on any atom is -0.281 e. The Morgan fingerprint density at radius 3 is 2.76 bits per heavy atom. The van der Waals surface area contributed by atoms with Crippen molar-refractivity contribution in [1.82, 2.24) is 14.9 Å². The highest BCUT2D eigenvalue weighted by molar-refractivity contribution is 9.12. The minimum absolute atomic E-state index is 0.183. The SMILES string of the molecule is O=S(=O)(NCc1ccn[nH]1)c1cc(Br)sc1Br. The molecular weight excluding hydrogens is 394 g/mol. The van der Waals surface area contributed by atoms with Gasteiger partial charge in [-0.2, -0.15) is 5.10 Å². The average Bonchev–Trinajstić information content (AvgIpc) is 2.85. The van der Waals surface area contributed by atoms with E-state index in [0.29, 0.717) is 9.48 Å². The zero-order chi connectivity index (χ0) is 12.5. The lowest BCUT2D eigenvalue weighted by Crippen LogP contribution is -2.23. The van der Waals surface area contributed by atoms with Crippen LogP contribution in [-0.2, 0) is 16.6 Å². The second kappa shape index (κ2) is 5.19. The summed E-state index contributed by atoms with van der Waals surface area (Å²) in [5.74, 6) is 0. The van der Waals surface area contributed by atoms with Gasteiger partial charge in [-0.3, -0.25) is 5.10 Å². The lowest BCUT2D eigenvalue weighted by atomic mass is 10.4. The smallest absolute Gasteiger partial charge is 0.242 e. The number of hydrogen-bond donors (Lipinski definition) is 2. The Labute approximate surface area is 119 Å². The summed E-state index contributed by atoms with van der Waals surface area (Å²) in [5, 5.41) is 6.43. The van der Waals surface area contributed by atoms with E-state index in [1.54, 1.807) is 18.3 Å². The third kappa shape index (κ3) is 3.16. The van der Waals surface area contributed by atoms with Crippen LogP contribution < -0.4 is 4.72 Å². The van der Waals surface area contributed by atoms with Crippen molar-refractivity contribution in [1.29, 1.82) is 0 Å². The lowest BCUT2D eigenvalue weighted by Gasteiger charge is -2.03. The molecule has 0 aromatic carbocycles. The fourth-order valence-electron chi connectivity index (χ4n) is 1.14. The topological polar surface area (TPSA) is 74.8 Å². The molecule has 0 amide bonds. The van der Waals surface area contributed by atoms with E-state index in [1.165, 1.54) is 11.3 Å². The van der Waals surface area contributed by atoms with Crippen molar-refractivity contribution in [3.8, 4) is 0 Å². The van der Waals surface area contributed by atoms with Crippen LogP contribution in [0.4, 0.5) is 0 Å². The number of thiophene rings is 1. The maximum absolute atomic E-state index is 12.0. The molecule has 92 valence electrons. The number of nitrogens with zero attached hydrogens (tertiary/aromatic N) is 1. The molecule has 0 radical (unpaired) electrons. The summed E-state index contributed by atoms with van der Waals surface area (Å²) in [6.07, 6.45) is 1.57. The van der Waals surface area contributed by atoms with Gasteiger partial charge in [-0.15, -0.1) is 11.3 Å². The minimum atomic E-state index is -3.51. The first-order valence-electron chi connectivity index (χ1n) is 4.42. The van der Waals surface area contributed by atoms with Gasteiger partial charge in [-0.05, 0) is 44.0 Å². The van der Waals surface area contributed by atoms with Gasteiger partial charge >= 0.3 is 0 Å². The summed E-state index contributed by atoms with van der Waals surface area (Å²) in [6.45, 7) is 0.183. The summed E-state index contributed by atoms with van der Waals surface area (Å²) in [6, 6.07) is 3.27. The lowest BCUT2D eigenvalue weighted by molar-refractivity contribution is 0.580. The molecule has 0 aliphatic carbocycles. The summed E-state index contributed by atoms with van der Waals surface area (Å²) < 4.78 is 27.8. The maximum atomic E-state index is 12.0. The highest BCUT2D eigenvalue weighted by Gasteiger charge is 2.20. The Morgan fingerprint density at radius 1 is 1.47 bits per heavy atom. The molecule has 2 aromatic rings. The molecule has 2 aromatic heterocycles. The van der Waals surface area contributed by atoms with Crippen molar-refractivity contribution in [2.24, 2.45) is 0 Å². The number of sulfonamides is 1. The van der Waals surface area contributed by atoms with Crippen LogP contribution in [-0.4, -0.2) is 18.6 Å². The predicted molar refractivity (Wildman–Crippen MR) is 72.3 cm³/mol. The van der Waals surface area contributed by atoms with Crippen LogP contribution in [0.1, 0.15) is 5.69 Å². The second-order valence-electron chi connectivity index (χ2n) is 3.09. The van der Waals surface area contributed by atoms with Gasteiger partial charge in [0.2, 0.25) is 10.0 Å². The first-order chi connectivity index (χ1) is 7.99. The van der Waals surface area contributed by atoms with Gasteiger partial charge in [0, 0.05) is 6.20 Å². The zero-order valence-corrected chi connectivity index (χ0v) is 13.1. The standard InChI is InChI=1S/C8H7Br2N3O2S2/c9-7-3-6(8(10)16-7)17(14,15)12-4-5-1-2-11-13-5/h1-3,12H,4H2,(H,11,13). The third-order valence-electron chi connectivity index (χ3n) is 1.93. The van der Waals surface area contributed by atoms with Gasteiger partial charge in [0.1, 0.15) is 4.90 Å². The molecule has 0 atom stereocenters. The summed E-state index contributed by atoms with van der Waals surface area (Å²) in [4.78, 5) is 0.230. The van der Waals surface area contributed by atoms with Crippen molar-refractivity contribution >= 4 is 53.2 Å². The van der Waals surface area contributed by atoms with E-state index >= 15 is 0 Å². The van der Waals surface area contributed by atoms with Gasteiger partial charge < -0.3 is 0 Å². The van der Waals surface area contributed by atoms with E-state index in [-0.39, 0.29) is 11.4 Å². The number of H-pyrrole nitrogens is 1. The van der Waals surface area contributed by atoms with Gasteiger partial charge in [0.15, 0.2) is 0 Å². The Kier molecular flexibility index (Phi) is 4.03. The summed E-state index contributed by atoms with van der Waals surface area (Å²) in [7, 11) is -3.51. The number of nitrogens with one attached hydrogen (secondary N) is 2. The molecule has 2 heterocycles. The second-order valence-corrected chi connectivity index (χ2v) is 8.58. The zero-order valence-electron chi connectivity index (χ0n) is 8.28. The van der Waals surface area contributed by atoms with Crippen LogP contribution in [0.25, 0.3) is 0 Å². The van der Waals surface area contributed by atoms with Gasteiger partial charge in [0.25, 0.3) is 0 Å². The van der Waals surface area contributed by atoms with Crippen LogP contribution in [0, 0.1) is 0 Å². The number of halogens is 2. The van der Waals surface area contributed by atoms with E-state index < -0.39 is 10.0 Å². The van der Waals surface area contributed by atoms with Gasteiger partial charge in [-0.1, -0.05) is 0 Å². The maximum Gasteiger partial charge on any atom is 0.242 e. The van der Waals surface area contributed by atoms with Crippen molar-refractivity contribution in [3.05, 3.63) is 31.6 Å². The summed E-state index contributed by atoms with van der Waals surface area (Å²) >= 11 is 7.78. The van der Waals surface area contributed by atoms with Crippen molar-refractivity contribution in [3.63, 3.8) is 0 Å². The largest absolute Gasteiger partial charge is 0.281 e. The normalized spacial score (nSPS) is 11.9. The molecule has 2 rings (SSSR count). The van der Waals surface area contributed by atoms with Crippen LogP contribution in [0.5, 0.6) is 0 Å². The molecule has 0 saturated heterocycles. The molecule has 0 spiro atoms. The third-order valence-corrected chi connectivity index (χ3v) is 6.08. The monoisotopic (exact) mass is 399 g/mol. The van der Waals surface area contributed by atoms with Crippen molar-refractivity contribution in [2.75, 3.05) is 0 Å². The Bertz CT molecular complexity index is 607. The van der Waals surface area contributed by atoms with E-state index in [2.05, 4.69) is 46.8 Å². The molecule has 2 N–H and O–H groups in total. The quantitative estimate of drug-likeness (QED) is 0.827. The molecule has 0 unspecified atom stereocenters. The van der Waals surface area contributed by atoms with E-state index in [9.17, 15) is 8.42 Å². The van der Waals surface area contributed by atoms with Crippen LogP contribution in [0.2, 0.25) is 0 Å². The number of aromatic amines is 1. The fourth-order valence-corrected chi connectivity index (χ4v) is 5.96. The average molecular weight is 401 g/mol. The molecule has 17 heavy (non-hydrogen) atoms. The number of aromatic nitrogens is 2. The first kappa shape index (κ1) is 13.2. The molecule has 0 fully saturated rings. The van der Waals surface area contributed by atoms with E-state index in [1.807, 2.05) is 0 Å². The highest BCUT2D eigenvalue weighted by atomic mass is 79.9. The Balaban J connectivity index is 2.17. The molecule has 0 aliphatic rings. The summed E-state index contributed by atoms with van der Waals surface area (Å²) in [5.41, 5.74) is 0.707. The molecule has 0 saturated carbocycles. The van der Waals surface area contributed by atoms with Crippen molar-refractivity contribution in [2.45, 2.75) is 11.4 Å². The van der Waals surface area contributed by atoms with Gasteiger partial charge in [-0.25, -0.2) is 13.1 Å². The molecule has 0 aliphatic heterocycles. The first-order valence-corrected chi connectivity index (χ1v) is 8.30. The van der Waals surface area contributed by atoms with E-state index in [0.717, 1.165) is 3.79 Å². The highest BCUT2D eigenvalue weighted by Crippen LogP contribution is 2.34. The number of hydrogen-bond acceptors (Lipinski definition) is 4. The van der Waals surface area contributed by atoms with Crippen molar-refractivity contribution < 1.29 is 8.42 Å². The Hall–Kier alpha value is -0.220. The van der Waals surface area contributed by atoms with E-state index in [4.69, 9.17) is 0 Å². The predicted octanol–water partition coefficient (Wildman–Crippen LogP) is 2.47.